The highest BCUT2D eigenvalue weighted by Gasteiger charge is 2.37. The largest absolute Gasteiger partial charge is 0.451 e. The molecule has 1 aromatic heterocycles. The first-order valence-electron chi connectivity index (χ1n) is 6.83. The molecule has 0 spiro atoms. The van der Waals surface area contributed by atoms with Crippen molar-refractivity contribution < 1.29 is 18.0 Å². The average molecular weight is 379 g/mol. The van der Waals surface area contributed by atoms with Crippen molar-refractivity contribution in [3.05, 3.63) is 40.7 Å². The van der Waals surface area contributed by atoms with Crippen LogP contribution in [0.2, 0.25) is 5.02 Å². The Morgan fingerprint density at radius 3 is 2.62 bits per heavy atom. The van der Waals surface area contributed by atoms with E-state index in [1.54, 1.807) is 31.2 Å². The zero-order valence-electron chi connectivity index (χ0n) is 12.8. The second-order valence-electron chi connectivity index (χ2n) is 4.96. The Morgan fingerprint density at radius 2 is 2.04 bits per heavy atom. The van der Waals surface area contributed by atoms with E-state index in [0.717, 1.165) is 21.9 Å². The van der Waals surface area contributed by atoms with Gasteiger partial charge in [0.25, 0.3) is 0 Å². The van der Waals surface area contributed by atoms with Gasteiger partial charge in [-0.05, 0) is 18.6 Å². The molecule has 2 rings (SSSR count). The molecule has 130 valence electrons. The second-order valence-corrected chi connectivity index (χ2v) is 6.31. The lowest BCUT2D eigenvalue weighted by molar-refractivity contribution is -0.147. The van der Waals surface area contributed by atoms with E-state index in [1.165, 1.54) is 7.05 Å². The summed E-state index contributed by atoms with van der Waals surface area (Å²) in [5, 5.41) is 9.85. The quantitative estimate of drug-likeness (QED) is 0.809. The standard InChI is InChI=1S/C14H14ClF3N4OS/c1-8(9-5-3-4-6-10(9)15)19-11(23)7-24-13-21-20-12(22(13)2)14(16,17)18/h3-6,8H,7H2,1-2H3,(H,19,23)/t8-/m1/s1. The topological polar surface area (TPSA) is 59.8 Å². The summed E-state index contributed by atoms with van der Waals surface area (Å²) in [6, 6.07) is 6.77. The number of nitrogens with zero attached hydrogens (tertiary/aromatic N) is 3. The van der Waals surface area contributed by atoms with Gasteiger partial charge in [-0.25, -0.2) is 0 Å². The van der Waals surface area contributed by atoms with Gasteiger partial charge in [-0.3, -0.25) is 4.79 Å². The number of aromatic nitrogens is 3. The zero-order valence-corrected chi connectivity index (χ0v) is 14.3. The lowest BCUT2D eigenvalue weighted by atomic mass is 10.1. The Balaban J connectivity index is 1.95. The van der Waals surface area contributed by atoms with E-state index in [1.807, 2.05) is 0 Å². The highest BCUT2D eigenvalue weighted by molar-refractivity contribution is 7.99. The molecule has 1 N–H and O–H groups in total. The van der Waals surface area contributed by atoms with Gasteiger partial charge in [0.15, 0.2) is 5.16 Å². The minimum absolute atomic E-state index is 0.0165. The minimum Gasteiger partial charge on any atom is -0.349 e. The van der Waals surface area contributed by atoms with Gasteiger partial charge in [-0.2, -0.15) is 13.2 Å². The predicted octanol–water partition coefficient (Wildman–Crippen LogP) is 3.46. The first-order chi connectivity index (χ1) is 11.2. The molecular weight excluding hydrogens is 365 g/mol. The Hall–Kier alpha value is -1.74. The van der Waals surface area contributed by atoms with Crippen molar-refractivity contribution in [1.82, 2.24) is 20.1 Å². The number of rotatable bonds is 5. The molecule has 0 aliphatic heterocycles. The Bertz CT molecular complexity index is 735. The lowest BCUT2D eigenvalue weighted by Crippen LogP contribution is -2.28. The summed E-state index contributed by atoms with van der Waals surface area (Å²) in [7, 11) is 1.20. The monoisotopic (exact) mass is 378 g/mol. The van der Waals surface area contributed by atoms with Crippen LogP contribution in [0, 0.1) is 0 Å². The molecule has 0 aliphatic rings. The van der Waals surface area contributed by atoms with Gasteiger partial charge in [0.1, 0.15) is 0 Å². The fourth-order valence-electron chi connectivity index (χ4n) is 2.00. The minimum atomic E-state index is -4.58. The molecule has 0 fully saturated rings. The number of hydrogen-bond donors (Lipinski definition) is 1. The molecule has 0 bridgehead atoms. The van der Waals surface area contributed by atoms with E-state index in [-0.39, 0.29) is 22.9 Å². The van der Waals surface area contributed by atoms with Crippen LogP contribution < -0.4 is 5.32 Å². The molecule has 0 saturated heterocycles. The van der Waals surface area contributed by atoms with Gasteiger partial charge < -0.3 is 9.88 Å². The Morgan fingerprint density at radius 1 is 1.38 bits per heavy atom. The highest BCUT2D eigenvalue weighted by atomic mass is 35.5. The maximum Gasteiger partial charge on any atom is 0.451 e. The van der Waals surface area contributed by atoms with Gasteiger partial charge in [-0.1, -0.05) is 41.6 Å². The smallest absolute Gasteiger partial charge is 0.349 e. The molecule has 10 heteroatoms. The third-order valence-corrected chi connectivity index (χ3v) is 4.53. The van der Waals surface area contributed by atoms with E-state index in [9.17, 15) is 18.0 Å². The van der Waals surface area contributed by atoms with Crippen molar-refractivity contribution in [3.63, 3.8) is 0 Å². The van der Waals surface area contributed by atoms with Crippen LogP contribution in [-0.2, 0) is 18.0 Å². The zero-order chi connectivity index (χ0) is 17.9. The van der Waals surface area contributed by atoms with E-state index in [0.29, 0.717) is 5.02 Å². The van der Waals surface area contributed by atoms with E-state index in [4.69, 9.17) is 11.6 Å². The van der Waals surface area contributed by atoms with Crippen LogP contribution in [0.1, 0.15) is 24.4 Å². The number of halogens is 4. The molecule has 1 aromatic carbocycles. The summed E-state index contributed by atoms with van der Waals surface area (Å²) in [5.74, 6) is -1.53. The molecule has 1 heterocycles. The molecule has 1 atom stereocenters. The number of thioether (sulfide) groups is 1. The van der Waals surface area contributed by atoms with Crippen molar-refractivity contribution >= 4 is 29.3 Å². The van der Waals surface area contributed by atoms with Crippen molar-refractivity contribution in [2.75, 3.05) is 5.75 Å². The summed E-state index contributed by atoms with van der Waals surface area (Å²) >= 11 is 6.93. The summed E-state index contributed by atoms with van der Waals surface area (Å²) in [4.78, 5) is 12.0. The number of carbonyl (C=O) groups excluding carboxylic acids is 1. The summed E-state index contributed by atoms with van der Waals surface area (Å²) in [5.41, 5.74) is 0.760. The van der Waals surface area contributed by atoms with E-state index >= 15 is 0 Å². The third kappa shape index (κ3) is 4.41. The van der Waals surface area contributed by atoms with Crippen molar-refractivity contribution in [1.29, 1.82) is 0 Å². The molecule has 0 aliphatic carbocycles. The Kier molecular flexibility index (Phi) is 5.76. The first kappa shape index (κ1) is 18.6. The molecule has 1 amide bonds. The van der Waals surface area contributed by atoms with Crippen LogP contribution in [0.5, 0.6) is 0 Å². The molecule has 0 unspecified atom stereocenters. The first-order valence-corrected chi connectivity index (χ1v) is 8.19. The lowest BCUT2D eigenvalue weighted by Gasteiger charge is -2.15. The number of carbonyl (C=O) groups is 1. The fourth-order valence-corrected chi connectivity index (χ4v) is 3.03. The normalized spacial score (nSPS) is 12.9. The second kappa shape index (κ2) is 7.43. The van der Waals surface area contributed by atoms with Gasteiger partial charge in [0, 0.05) is 12.1 Å². The molecule has 2 aromatic rings. The van der Waals surface area contributed by atoms with Crippen LogP contribution >= 0.6 is 23.4 Å². The van der Waals surface area contributed by atoms with Gasteiger partial charge in [0.2, 0.25) is 11.7 Å². The maximum absolute atomic E-state index is 12.6. The molecule has 0 radical (unpaired) electrons. The summed E-state index contributed by atoms with van der Waals surface area (Å²) in [6.07, 6.45) is -4.58. The summed E-state index contributed by atoms with van der Waals surface area (Å²) in [6.45, 7) is 1.77. The van der Waals surface area contributed by atoms with Crippen molar-refractivity contribution in [2.45, 2.75) is 24.3 Å². The summed E-state index contributed by atoms with van der Waals surface area (Å²) < 4.78 is 38.7. The molecule has 24 heavy (non-hydrogen) atoms. The van der Waals surface area contributed by atoms with E-state index < -0.39 is 12.0 Å². The number of hydrogen-bond acceptors (Lipinski definition) is 4. The molecule has 5 nitrogen and oxygen atoms in total. The predicted molar refractivity (Wildman–Crippen MR) is 84.7 cm³/mol. The van der Waals surface area contributed by atoms with Crippen molar-refractivity contribution in [3.8, 4) is 0 Å². The number of benzene rings is 1. The number of amides is 1. The molecular formula is C14H14ClF3N4OS. The van der Waals surface area contributed by atoms with Crippen LogP contribution in [-0.4, -0.2) is 26.4 Å². The van der Waals surface area contributed by atoms with Gasteiger partial charge >= 0.3 is 6.18 Å². The van der Waals surface area contributed by atoms with E-state index in [2.05, 4.69) is 15.5 Å². The van der Waals surface area contributed by atoms with Crippen LogP contribution in [0.3, 0.4) is 0 Å². The van der Waals surface area contributed by atoms with Crippen LogP contribution in [0.15, 0.2) is 29.4 Å². The van der Waals surface area contributed by atoms with Gasteiger partial charge in [0.05, 0.1) is 11.8 Å². The third-order valence-electron chi connectivity index (χ3n) is 3.17. The van der Waals surface area contributed by atoms with Gasteiger partial charge in [-0.15, -0.1) is 10.2 Å². The molecule has 0 saturated carbocycles. The highest BCUT2D eigenvalue weighted by Crippen LogP contribution is 2.29. The number of alkyl halides is 3. The van der Waals surface area contributed by atoms with Crippen molar-refractivity contribution in [2.24, 2.45) is 7.05 Å². The number of nitrogens with one attached hydrogen (secondary N) is 1. The maximum atomic E-state index is 12.6. The Labute approximate surface area is 145 Å². The fraction of sp³-hybridized carbons (Fsp3) is 0.357. The van der Waals surface area contributed by atoms with Crippen LogP contribution in [0.25, 0.3) is 0 Å². The average Bonchev–Trinajstić information content (AvgIpc) is 2.86. The SMILES string of the molecule is C[C@@H](NC(=O)CSc1nnc(C(F)(F)F)n1C)c1ccccc1Cl. The van der Waals surface area contributed by atoms with Crippen LogP contribution in [0.4, 0.5) is 13.2 Å².